The van der Waals surface area contributed by atoms with Crippen molar-refractivity contribution in [3.63, 3.8) is 0 Å². The highest BCUT2D eigenvalue weighted by molar-refractivity contribution is 5.93. The van der Waals surface area contributed by atoms with Crippen LogP contribution in [0.4, 0.5) is 17.3 Å². The van der Waals surface area contributed by atoms with Gasteiger partial charge in [-0.25, -0.2) is 19.5 Å². The fourth-order valence-electron chi connectivity index (χ4n) is 6.05. The molecule has 7 rings (SSSR count). The summed E-state index contributed by atoms with van der Waals surface area (Å²) >= 11 is 0. The van der Waals surface area contributed by atoms with Gasteiger partial charge in [0.2, 0.25) is 5.82 Å². The van der Waals surface area contributed by atoms with Gasteiger partial charge in [0.1, 0.15) is 11.6 Å². The number of aromatic nitrogens is 7. The first-order chi connectivity index (χ1) is 22.0. The van der Waals surface area contributed by atoms with Gasteiger partial charge in [-0.15, -0.1) is 10.2 Å². The zero-order valence-electron chi connectivity index (χ0n) is 24.4. The van der Waals surface area contributed by atoms with Crippen LogP contribution in [0.5, 0.6) is 5.75 Å². The minimum absolute atomic E-state index is 0.152. The molecule has 0 saturated carbocycles. The van der Waals surface area contributed by atoms with Crippen molar-refractivity contribution in [2.45, 2.75) is 37.8 Å². The van der Waals surface area contributed by atoms with E-state index in [-0.39, 0.29) is 23.7 Å². The maximum absolute atomic E-state index is 12.4. The Hall–Kier alpha value is -5.77. The molecular weight excluding hydrogens is 570 g/mol. The highest BCUT2D eigenvalue weighted by Gasteiger charge is 2.41. The SMILES string of the molecule is Nc1nnc(-c2ccccc2O)cc1N1CC2CCC(C1)N2c1ccnc(C#CCCCNC(=O)c2cc3ncccn3n2)n1. The van der Waals surface area contributed by atoms with Crippen LogP contribution in [0.3, 0.4) is 0 Å². The van der Waals surface area contributed by atoms with Gasteiger partial charge < -0.3 is 26.0 Å². The van der Waals surface area contributed by atoms with Gasteiger partial charge in [0.25, 0.3) is 5.91 Å². The lowest BCUT2D eigenvalue weighted by molar-refractivity contribution is 0.0948. The van der Waals surface area contributed by atoms with Crippen molar-refractivity contribution in [1.29, 1.82) is 0 Å². The smallest absolute Gasteiger partial charge is 0.271 e. The number of fused-ring (bicyclic) bond motifs is 3. The van der Waals surface area contributed by atoms with E-state index in [4.69, 9.17) is 10.7 Å². The van der Waals surface area contributed by atoms with Crippen molar-refractivity contribution in [3.8, 4) is 28.8 Å². The largest absolute Gasteiger partial charge is 0.507 e. The lowest BCUT2D eigenvalue weighted by Crippen LogP contribution is -2.54. The number of para-hydroxylation sites is 1. The number of carbonyl (C=O) groups is 1. The molecule has 0 aliphatic carbocycles. The van der Waals surface area contributed by atoms with Crippen molar-refractivity contribution in [2.75, 3.05) is 35.2 Å². The van der Waals surface area contributed by atoms with E-state index in [9.17, 15) is 9.90 Å². The second kappa shape index (κ2) is 12.1. The van der Waals surface area contributed by atoms with Gasteiger partial charge >= 0.3 is 0 Å². The van der Waals surface area contributed by atoms with E-state index in [1.807, 2.05) is 24.3 Å². The minimum Gasteiger partial charge on any atom is -0.507 e. The summed E-state index contributed by atoms with van der Waals surface area (Å²) in [7, 11) is 0. The molecule has 2 aliphatic rings. The molecule has 4 N–H and O–H groups in total. The molecular formula is C32H31N11O2. The van der Waals surface area contributed by atoms with E-state index >= 15 is 0 Å². The van der Waals surface area contributed by atoms with Gasteiger partial charge in [-0.1, -0.05) is 18.1 Å². The molecule has 1 amide bonds. The molecule has 226 valence electrons. The number of anilines is 3. The minimum atomic E-state index is -0.238. The van der Waals surface area contributed by atoms with Crippen LogP contribution in [0.25, 0.3) is 16.9 Å². The number of nitrogen functional groups attached to an aromatic ring is 1. The number of unbranched alkanes of at least 4 members (excludes halogenated alkanes) is 1. The Bertz CT molecular complexity index is 1880. The zero-order chi connectivity index (χ0) is 30.8. The fourth-order valence-corrected chi connectivity index (χ4v) is 6.05. The van der Waals surface area contributed by atoms with Crippen molar-refractivity contribution in [2.24, 2.45) is 0 Å². The van der Waals surface area contributed by atoms with E-state index in [1.165, 1.54) is 0 Å². The Kier molecular flexibility index (Phi) is 7.52. The number of phenols is 1. The summed E-state index contributed by atoms with van der Waals surface area (Å²) in [6, 6.07) is 14.8. The van der Waals surface area contributed by atoms with Gasteiger partial charge in [-0.2, -0.15) is 5.10 Å². The Morgan fingerprint density at radius 2 is 1.89 bits per heavy atom. The molecule has 2 atom stereocenters. The Morgan fingerprint density at radius 3 is 2.71 bits per heavy atom. The van der Waals surface area contributed by atoms with Crippen molar-refractivity contribution in [3.05, 3.63) is 78.6 Å². The molecule has 2 bridgehead atoms. The molecule has 2 unspecified atom stereocenters. The van der Waals surface area contributed by atoms with E-state index in [0.717, 1.165) is 37.4 Å². The first-order valence-corrected chi connectivity index (χ1v) is 14.9. The van der Waals surface area contributed by atoms with Crippen LogP contribution >= 0.6 is 0 Å². The zero-order valence-corrected chi connectivity index (χ0v) is 24.4. The summed E-state index contributed by atoms with van der Waals surface area (Å²) in [5.74, 6) is 7.84. The lowest BCUT2D eigenvalue weighted by Gasteiger charge is -2.42. The molecule has 0 radical (unpaired) electrons. The second-order valence-electron chi connectivity index (χ2n) is 11.1. The number of nitrogens with zero attached hydrogens (tertiary/aromatic N) is 9. The number of hydrogen-bond acceptors (Lipinski definition) is 11. The van der Waals surface area contributed by atoms with E-state index in [2.05, 4.69) is 52.2 Å². The summed E-state index contributed by atoms with van der Waals surface area (Å²) in [6.45, 7) is 2.00. The quantitative estimate of drug-likeness (QED) is 0.186. The Morgan fingerprint density at radius 1 is 1.04 bits per heavy atom. The predicted octanol–water partition coefficient (Wildman–Crippen LogP) is 2.68. The van der Waals surface area contributed by atoms with Gasteiger partial charge in [-0.3, -0.25) is 4.79 Å². The third-order valence-corrected chi connectivity index (χ3v) is 8.14. The van der Waals surface area contributed by atoms with Crippen molar-refractivity contribution in [1.82, 2.24) is 40.1 Å². The molecule has 2 aliphatic heterocycles. The standard InChI is InChI=1S/C32H31N11O2/c33-31-26(17-24(38-39-31)23-7-3-4-8-27(23)44)41-19-21-10-11-22(20-41)43(21)29-12-15-34-28(37-29)9-2-1-5-13-36-32(45)25-18-30-35-14-6-16-42(30)40-25/h3-4,6-8,12,14-18,21-22,44H,1,5,10-11,13,19-20H2,(H2,33,39)(H,36,45). The average molecular weight is 602 g/mol. The number of phenolic OH excluding ortho intramolecular Hbond substituents is 1. The molecule has 0 spiro atoms. The van der Waals surface area contributed by atoms with Crippen LogP contribution < -0.4 is 20.9 Å². The van der Waals surface area contributed by atoms with E-state index < -0.39 is 0 Å². The molecule has 13 heteroatoms. The summed E-state index contributed by atoms with van der Waals surface area (Å²) < 4.78 is 1.57. The first-order valence-electron chi connectivity index (χ1n) is 14.9. The highest BCUT2D eigenvalue weighted by atomic mass is 16.3. The van der Waals surface area contributed by atoms with Crippen LogP contribution in [-0.2, 0) is 0 Å². The molecule has 45 heavy (non-hydrogen) atoms. The summed E-state index contributed by atoms with van der Waals surface area (Å²) in [4.78, 5) is 30.4. The molecule has 2 fully saturated rings. The van der Waals surface area contributed by atoms with Crippen LogP contribution in [0.15, 0.2) is 67.1 Å². The number of hydrogen-bond donors (Lipinski definition) is 3. The topological polar surface area (TPSA) is 164 Å². The number of aromatic hydroxyl groups is 1. The third kappa shape index (κ3) is 5.77. The summed E-state index contributed by atoms with van der Waals surface area (Å²) in [5, 5.41) is 25.9. The number of piperazine rings is 1. The number of nitrogens with two attached hydrogens (primary N) is 1. The molecule has 5 aromatic rings. The summed E-state index contributed by atoms with van der Waals surface area (Å²) in [5.41, 5.74) is 9.27. The first kappa shape index (κ1) is 28.0. The van der Waals surface area contributed by atoms with Gasteiger partial charge in [0.15, 0.2) is 17.2 Å². The number of rotatable bonds is 7. The van der Waals surface area contributed by atoms with Crippen molar-refractivity contribution < 1.29 is 9.90 Å². The van der Waals surface area contributed by atoms with Gasteiger partial charge in [0, 0.05) is 68.4 Å². The monoisotopic (exact) mass is 601 g/mol. The average Bonchev–Trinajstić information content (AvgIpc) is 3.61. The van der Waals surface area contributed by atoms with Crippen LogP contribution in [0.1, 0.15) is 42.0 Å². The highest BCUT2D eigenvalue weighted by Crippen LogP contribution is 2.38. The number of carbonyl (C=O) groups excluding carboxylic acids is 1. The number of benzene rings is 1. The third-order valence-electron chi connectivity index (χ3n) is 8.14. The predicted molar refractivity (Wildman–Crippen MR) is 169 cm³/mol. The Balaban J connectivity index is 0.962. The maximum atomic E-state index is 12.4. The number of amides is 1. The normalized spacial score (nSPS) is 17.2. The molecule has 1 aromatic carbocycles. The molecule has 13 nitrogen and oxygen atoms in total. The molecule has 2 saturated heterocycles. The van der Waals surface area contributed by atoms with Crippen LogP contribution in [0, 0.1) is 11.8 Å². The van der Waals surface area contributed by atoms with Crippen LogP contribution in [-0.4, -0.2) is 77.5 Å². The molecule has 4 aromatic heterocycles. The molecule has 6 heterocycles. The fraction of sp³-hybridized carbons (Fsp3) is 0.281. The van der Waals surface area contributed by atoms with Crippen LogP contribution in [0.2, 0.25) is 0 Å². The summed E-state index contributed by atoms with van der Waals surface area (Å²) in [6.07, 6.45) is 8.52. The number of nitrogens with one attached hydrogen (secondary N) is 1. The van der Waals surface area contributed by atoms with E-state index in [0.29, 0.717) is 53.6 Å². The second-order valence-corrected chi connectivity index (χ2v) is 11.1. The van der Waals surface area contributed by atoms with Gasteiger partial charge in [-0.05, 0) is 55.5 Å². The lowest BCUT2D eigenvalue weighted by atomic mass is 10.1. The van der Waals surface area contributed by atoms with Crippen molar-refractivity contribution >= 4 is 28.9 Å². The van der Waals surface area contributed by atoms with E-state index in [1.54, 1.807) is 47.4 Å². The maximum Gasteiger partial charge on any atom is 0.271 e. The Labute approximate surface area is 259 Å². The van der Waals surface area contributed by atoms with Gasteiger partial charge in [0.05, 0.1) is 11.4 Å².